The van der Waals surface area contributed by atoms with E-state index in [0.29, 0.717) is 6.54 Å². The van der Waals surface area contributed by atoms with Gasteiger partial charge in [0.1, 0.15) is 0 Å². The normalized spacial score (nSPS) is 11.8. The standard InChI is InChI=1S/C13H17BrN2O4/c1-16(8-9-4-2-3-5-10(9)14)13(20)15-7-6-11(17)12(18)19/h2-5,11,17H,6-8H2,1H3,(H,15,20)(H,18,19)/t11-/m0/s1. The second kappa shape index (κ2) is 7.86. The molecule has 110 valence electrons. The van der Waals surface area contributed by atoms with Gasteiger partial charge in [0.2, 0.25) is 0 Å². The van der Waals surface area contributed by atoms with Crippen LogP contribution in [0.3, 0.4) is 0 Å². The van der Waals surface area contributed by atoms with Gasteiger partial charge < -0.3 is 20.4 Å². The molecule has 2 amide bonds. The molecule has 7 heteroatoms. The van der Waals surface area contributed by atoms with Crippen LogP contribution in [-0.2, 0) is 11.3 Å². The number of aliphatic carboxylic acids is 1. The van der Waals surface area contributed by atoms with Crippen LogP contribution in [0.5, 0.6) is 0 Å². The van der Waals surface area contributed by atoms with Gasteiger partial charge in [0.05, 0.1) is 0 Å². The van der Waals surface area contributed by atoms with Crippen molar-refractivity contribution in [2.75, 3.05) is 13.6 Å². The highest BCUT2D eigenvalue weighted by Crippen LogP contribution is 2.17. The molecule has 0 fully saturated rings. The van der Waals surface area contributed by atoms with Gasteiger partial charge in [0, 0.05) is 31.0 Å². The van der Waals surface area contributed by atoms with Crippen LogP contribution in [0.1, 0.15) is 12.0 Å². The maximum atomic E-state index is 11.8. The smallest absolute Gasteiger partial charge is 0.332 e. The Morgan fingerprint density at radius 1 is 1.40 bits per heavy atom. The van der Waals surface area contributed by atoms with Crippen LogP contribution in [0, 0.1) is 0 Å². The molecule has 20 heavy (non-hydrogen) atoms. The molecule has 0 aromatic heterocycles. The number of benzene rings is 1. The Balaban J connectivity index is 2.40. The van der Waals surface area contributed by atoms with Crippen LogP contribution in [0.4, 0.5) is 4.79 Å². The fourth-order valence-electron chi connectivity index (χ4n) is 1.53. The molecule has 0 unspecified atom stereocenters. The van der Waals surface area contributed by atoms with Gasteiger partial charge in [-0.1, -0.05) is 34.1 Å². The van der Waals surface area contributed by atoms with Gasteiger partial charge >= 0.3 is 12.0 Å². The monoisotopic (exact) mass is 344 g/mol. The zero-order chi connectivity index (χ0) is 15.1. The van der Waals surface area contributed by atoms with Gasteiger partial charge in [-0.3, -0.25) is 0 Å². The molecule has 1 atom stereocenters. The number of hydrogen-bond donors (Lipinski definition) is 3. The number of amides is 2. The lowest BCUT2D eigenvalue weighted by atomic mass is 10.2. The van der Waals surface area contributed by atoms with Gasteiger partial charge in [-0.25, -0.2) is 9.59 Å². The lowest BCUT2D eigenvalue weighted by molar-refractivity contribution is -0.146. The van der Waals surface area contributed by atoms with E-state index in [9.17, 15) is 9.59 Å². The Labute approximate surface area is 125 Å². The van der Waals surface area contributed by atoms with E-state index in [1.165, 1.54) is 4.90 Å². The minimum absolute atomic E-state index is 0.0239. The summed E-state index contributed by atoms with van der Waals surface area (Å²) in [6.45, 7) is 0.529. The summed E-state index contributed by atoms with van der Waals surface area (Å²) in [7, 11) is 1.64. The van der Waals surface area contributed by atoms with Crippen LogP contribution in [0.15, 0.2) is 28.7 Å². The molecule has 1 aromatic rings. The van der Waals surface area contributed by atoms with E-state index >= 15 is 0 Å². The minimum atomic E-state index is -1.45. The fraction of sp³-hybridized carbons (Fsp3) is 0.385. The Morgan fingerprint density at radius 3 is 2.65 bits per heavy atom. The number of carbonyl (C=O) groups is 2. The summed E-state index contributed by atoms with van der Waals surface area (Å²) < 4.78 is 0.918. The number of carbonyl (C=O) groups excluding carboxylic acids is 1. The number of aliphatic hydroxyl groups excluding tert-OH is 1. The maximum Gasteiger partial charge on any atom is 0.332 e. The molecule has 0 aliphatic carbocycles. The summed E-state index contributed by atoms with van der Waals surface area (Å²) >= 11 is 3.40. The number of rotatable bonds is 6. The quantitative estimate of drug-likeness (QED) is 0.728. The van der Waals surface area contributed by atoms with Crippen molar-refractivity contribution in [2.45, 2.75) is 19.1 Å². The van der Waals surface area contributed by atoms with Crippen molar-refractivity contribution in [2.24, 2.45) is 0 Å². The van der Waals surface area contributed by atoms with E-state index in [4.69, 9.17) is 10.2 Å². The van der Waals surface area contributed by atoms with E-state index in [0.717, 1.165) is 10.0 Å². The summed E-state index contributed by atoms with van der Waals surface area (Å²) in [4.78, 5) is 23.7. The second-order valence-corrected chi connectivity index (χ2v) is 5.18. The Morgan fingerprint density at radius 2 is 2.05 bits per heavy atom. The second-order valence-electron chi connectivity index (χ2n) is 4.32. The van der Waals surface area contributed by atoms with Gasteiger partial charge in [-0.2, -0.15) is 0 Å². The summed E-state index contributed by atoms with van der Waals surface area (Å²) in [6, 6.07) is 7.25. The predicted molar refractivity (Wildman–Crippen MR) is 77.3 cm³/mol. The van der Waals surface area contributed by atoms with E-state index in [2.05, 4.69) is 21.2 Å². The first-order chi connectivity index (χ1) is 9.41. The number of nitrogens with zero attached hydrogens (tertiary/aromatic N) is 1. The number of aliphatic hydroxyl groups is 1. The zero-order valence-electron chi connectivity index (χ0n) is 11.0. The molecule has 1 rings (SSSR count). The Hall–Kier alpha value is -1.60. The van der Waals surface area contributed by atoms with Crippen LogP contribution in [0.25, 0.3) is 0 Å². The van der Waals surface area contributed by atoms with Crippen molar-refractivity contribution >= 4 is 27.9 Å². The highest BCUT2D eigenvalue weighted by molar-refractivity contribution is 9.10. The number of halogens is 1. The number of carboxylic acid groups (broad SMARTS) is 1. The third-order valence-electron chi connectivity index (χ3n) is 2.69. The van der Waals surface area contributed by atoms with Crippen molar-refractivity contribution in [3.8, 4) is 0 Å². The Bertz CT molecular complexity index is 481. The third-order valence-corrected chi connectivity index (χ3v) is 3.46. The SMILES string of the molecule is CN(Cc1ccccc1Br)C(=O)NCC[C@H](O)C(=O)O. The van der Waals surface area contributed by atoms with Crippen LogP contribution in [-0.4, -0.2) is 46.8 Å². The molecule has 3 N–H and O–H groups in total. The molecule has 0 aliphatic rings. The molecule has 0 heterocycles. The molecule has 1 aromatic carbocycles. The Kier molecular flexibility index (Phi) is 6.47. The lowest BCUT2D eigenvalue weighted by Gasteiger charge is -2.19. The van der Waals surface area contributed by atoms with Gasteiger partial charge in [-0.15, -0.1) is 0 Å². The zero-order valence-corrected chi connectivity index (χ0v) is 12.6. The van der Waals surface area contributed by atoms with Crippen molar-refractivity contribution in [3.63, 3.8) is 0 Å². The summed E-state index contributed by atoms with van der Waals surface area (Å²) in [5.74, 6) is -1.29. The molecular weight excluding hydrogens is 328 g/mol. The van der Waals surface area contributed by atoms with Crippen LogP contribution < -0.4 is 5.32 Å². The lowest BCUT2D eigenvalue weighted by Crippen LogP contribution is -2.38. The van der Waals surface area contributed by atoms with Crippen molar-refractivity contribution in [3.05, 3.63) is 34.3 Å². The van der Waals surface area contributed by atoms with E-state index < -0.39 is 12.1 Å². The first-order valence-electron chi connectivity index (χ1n) is 6.05. The molecule has 0 aliphatic heterocycles. The third kappa shape index (κ3) is 5.18. The predicted octanol–water partition coefficient (Wildman–Crippen LogP) is 1.43. The molecular formula is C13H17BrN2O4. The number of hydrogen-bond acceptors (Lipinski definition) is 3. The summed E-state index contributed by atoms with van der Waals surface area (Å²) in [5.41, 5.74) is 0.968. The molecule has 0 radical (unpaired) electrons. The number of urea groups is 1. The average Bonchev–Trinajstić information content (AvgIpc) is 2.40. The number of nitrogens with one attached hydrogen (secondary N) is 1. The minimum Gasteiger partial charge on any atom is -0.479 e. The maximum absolute atomic E-state index is 11.8. The van der Waals surface area contributed by atoms with E-state index in [1.807, 2.05) is 24.3 Å². The summed E-state index contributed by atoms with van der Waals surface area (Å²) in [6.07, 6.45) is -1.48. The van der Waals surface area contributed by atoms with Crippen LogP contribution >= 0.6 is 15.9 Å². The fourth-order valence-corrected chi connectivity index (χ4v) is 1.94. The molecule has 0 bridgehead atoms. The van der Waals surface area contributed by atoms with E-state index in [-0.39, 0.29) is 19.0 Å². The molecule has 0 spiro atoms. The molecule has 0 saturated carbocycles. The number of carboxylic acids is 1. The van der Waals surface area contributed by atoms with Crippen molar-refractivity contribution in [1.82, 2.24) is 10.2 Å². The first kappa shape index (κ1) is 16.5. The van der Waals surface area contributed by atoms with Gasteiger partial charge in [0.25, 0.3) is 0 Å². The topological polar surface area (TPSA) is 89.9 Å². The first-order valence-corrected chi connectivity index (χ1v) is 6.84. The molecule has 0 saturated heterocycles. The van der Waals surface area contributed by atoms with Gasteiger partial charge in [0.15, 0.2) is 6.10 Å². The van der Waals surface area contributed by atoms with E-state index in [1.54, 1.807) is 7.05 Å². The van der Waals surface area contributed by atoms with Gasteiger partial charge in [-0.05, 0) is 11.6 Å². The summed E-state index contributed by atoms with van der Waals surface area (Å²) in [5, 5.41) is 20.1. The highest BCUT2D eigenvalue weighted by atomic mass is 79.9. The largest absolute Gasteiger partial charge is 0.479 e. The van der Waals surface area contributed by atoms with Crippen molar-refractivity contribution in [1.29, 1.82) is 0 Å². The van der Waals surface area contributed by atoms with Crippen LogP contribution in [0.2, 0.25) is 0 Å². The molecule has 6 nitrogen and oxygen atoms in total. The highest BCUT2D eigenvalue weighted by Gasteiger charge is 2.14. The average molecular weight is 345 g/mol. The van der Waals surface area contributed by atoms with Crippen molar-refractivity contribution < 1.29 is 19.8 Å².